The molecule has 0 radical (unpaired) electrons. The number of amides is 1. The highest BCUT2D eigenvalue weighted by Crippen LogP contribution is 2.39. The Kier molecular flexibility index (Phi) is 8.61. The van der Waals surface area contributed by atoms with Crippen molar-refractivity contribution in [2.45, 2.75) is 45.6 Å². The molecule has 7 nitrogen and oxygen atoms in total. The van der Waals surface area contributed by atoms with Gasteiger partial charge in [-0.15, -0.1) is 0 Å². The molecule has 1 aromatic rings. The minimum absolute atomic E-state index is 0.0604. The summed E-state index contributed by atoms with van der Waals surface area (Å²) in [5.41, 5.74) is -0.367. The van der Waals surface area contributed by atoms with Gasteiger partial charge in [0.15, 0.2) is 5.96 Å². The predicted molar refractivity (Wildman–Crippen MR) is 117 cm³/mol. The molecule has 1 unspecified atom stereocenters. The molecule has 162 valence electrons. The van der Waals surface area contributed by atoms with Crippen LogP contribution in [0.5, 0.6) is 11.5 Å². The second-order valence-electron chi connectivity index (χ2n) is 7.87. The van der Waals surface area contributed by atoms with Gasteiger partial charge in [-0.3, -0.25) is 9.79 Å². The van der Waals surface area contributed by atoms with Crippen molar-refractivity contribution in [2.24, 2.45) is 10.4 Å². The molecule has 0 aromatic heterocycles. The van der Waals surface area contributed by atoms with E-state index in [0.29, 0.717) is 19.0 Å². The summed E-state index contributed by atoms with van der Waals surface area (Å²) in [6.45, 7) is 5.89. The first kappa shape index (κ1) is 22.8. The van der Waals surface area contributed by atoms with Crippen molar-refractivity contribution in [2.75, 3.05) is 40.8 Å². The number of nitrogens with zero attached hydrogens (tertiary/aromatic N) is 2. The highest BCUT2D eigenvalue weighted by Gasteiger charge is 2.42. The van der Waals surface area contributed by atoms with Gasteiger partial charge in [-0.05, 0) is 38.8 Å². The molecule has 0 saturated heterocycles. The Morgan fingerprint density at radius 3 is 2.55 bits per heavy atom. The number of methoxy groups -OCH3 is 1. The topological polar surface area (TPSA) is 75.2 Å². The van der Waals surface area contributed by atoms with Gasteiger partial charge in [0.2, 0.25) is 5.91 Å². The molecule has 1 atom stereocenters. The lowest BCUT2D eigenvalue weighted by molar-refractivity contribution is -0.138. The van der Waals surface area contributed by atoms with Crippen molar-refractivity contribution in [3.8, 4) is 11.5 Å². The Bertz CT molecular complexity index is 684. The maximum absolute atomic E-state index is 12.7. The molecular weight excluding hydrogens is 368 g/mol. The average Bonchev–Trinajstić information content (AvgIpc) is 3.19. The third kappa shape index (κ3) is 6.54. The van der Waals surface area contributed by atoms with Gasteiger partial charge in [0.1, 0.15) is 17.6 Å². The summed E-state index contributed by atoms with van der Waals surface area (Å²) in [4.78, 5) is 19.2. The number of hydrogen-bond acceptors (Lipinski definition) is 4. The molecule has 1 amide bonds. The van der Waals surface area contributed by atoms with Crippen molar-refractivity contribution in [3.05, 3.63) is 24.3 Å². The van der Waals surface area contributed by atoms with Gasteiger partial charge in [-0.2, -0.15) is 0 Å². The molecule has 0 spiro atoms. The number of aliphatic imine (C=N–C) groups is 1. The zero-order valence-corrected chi connectivity index (χ0v) is 18.5. The van der Waals surface area contributed by atoms with E-state index in [-0.39, 0.29) is 17.4 Å². The minimum Gasteiger partial charge on any atom is -0.497 e. The van der Waals surface area contributed by atoms with E-state index >= 15 is 0 Å². The minimum atomic E-state index is -0.367. The van der Waals surface area contributed by atoms with E-state index in [1.807, 2.05) is 52.2 Å². The Morgan fingerprint density at radius 1 is 1.24 bits per heavy atom. The number of ether oxygens (including phenoxy) is 2. The molecule has 0 aliphatic heterocycles. The van der Waals surface area contributed by atoms with Gasteiger partial charge in [0.25, 0.3) is 0 Å². The van der Waals surface area contributed by atoms with E-state index in [9.17, 15) is 4.79 Å². The molecule has 2 rings (SSSR count). The van der Waals surface area contributed by atoms with E-state index in [2.05, 4.69) is 10.6 Å². The van der Waals surface area contributed by atoms with E-state index in [1.54, 1.807) is 12.0 Å². The number of hydrogen-bond donors (Lipinski definition) is 2. The monoisotopic (exact) mass is 404 g/mol. The summed E-state index contributed by atoms with van der Waals surface area (Å²) >= 11 is 0. The van der Waals surface area contributed by atoms with Crippen LogP contribution in [0.2, 0.25) is 0 Å². The zero-order chi connectivity index (χ0) is 21.3. The smallest absolute Gasteiger partial charge is 0.230 e. The summed E-state index contributed by atoms with van der Waals surface area (Å²) < 4.78 is 11.2. The molecule has 1 aliphatic carbocycles. The predicted octanol–water partition coefficient (Wildman–Crippen LogP) is 2.67. The molecule has 29 heavy (non-hydrogen) atoms. The van der Waals surface area contributed by atoms with Crippen LogP contribution in [-0.4, -0.2) is 63.7 Å². The zero-order valence-electron chi connectivity index (χ0n) is 18.5. The molecule has 7 heteroatoms. The fraction of sp³-hybridized carbons (Fsp3) is 0.636. The van der Waals surface area contributed by atoms with E-state index in [1.165, 1.54) is 0 Å². The van der Waals surface area contributed by atoms with Gasteiger partial charge in [0.05, 0.1) is 25.6 Å². The first-order chi connectivity index (χ1) is 13.9. The number of carbonyl (C=O) groups excluding carboxylic acids is 1. The Morgan fingerprint density at radius 2 is 1.93 bits per heavy atom. The molecule has 1 saturated carbocycles. The summed E-state index contributed by atoms with van der Waals surface area (Å²) in [6.07, 6.45) is 3.93. The van der Waals surface area contributed by atoms with Crippen molar-refractivity contribution in [1.29, 1.82) is 0 Å². The number of benzene rings is 1. The Hall–Kier alpha value is -2.44. The lowest BCUT2D eigenvalue weighted by Gasteiger charge is -2.29. The molecule has 0 heterocycles. The van der Waals surface area contributed by atoms with Crippen LogP contribution < -0.4 is 20.1 Å². The summed E-state index contributed by atoms with van der Waals surface area (Å²) in [5, 5.41) is 6.60. The van der Waals surface area contributed by atoms with Crippen LogP contribution in [0.4, 0.5) is 0 Å². The number of carbonyl (C=O) groups is 1. The molecule has 1 fully saturated rings. The molecule has 0 bridgehead atoms. The maximum Gasteiger partial charge on any atom is 0.230 e. The fourth-order valence-corrected chi connectivity index (χ4v) is 3.73. The largest absolute Gasteiger partial charge is 0.497 e. The number of guanidine groups is 1. The third-order valence-electron chi connectivity index (χ3n) is 5.24. The van der Waals surface area contributed by atoms with Gasteiger partial charge in [-0.1, -0.05) is 18.9 Å². The van der Waals surface area contributed by atoms with Gasteiger partial charge in [0, 0.05) is 26.7 Å². The van der Waals surface area contributed by atoms with E-state index in [4.69, 9.17) is 14.5 Å². The van der Waals surface area contributed by atoms with E-state index in [0.717, 1.165) is 43.7 Å². The third-order valence-corrected chi connectivity index (χ3v) is 5.24. The average molecular weight is 405 g/mol. The Labute approximate surface area is 174 Å². The molecule has 2 N–H and O–H groups in total. The highest BCUT2D eigenvalue weighted by atomic mass is 16.5. The quantitative estimate of drug-likeness (QED) is 0.489. The molecular formula is C22H36N4O3. The van der Waals surface area contributed by atoms with Crippen LogP contribution in [0.1, 0.15) is 39.5 Å². The van der Waals surface area contributed by atoms with Gasteiger partial charge < -0.3 is 25.0 Å². The van der Waals surface area contributed by atoms with Gasteiger partial charge >= 0.3 is 0 Å². The van der Waals surface area contributed by atoms with Gasteiger partial charge in [-0.25, -0.2) is 0 Å². The van der Waals surface area contributed by atoms with Crippen molar-refractivity contribution < 1.29 is 14.3 Å². The summed E-state index contributed by atoms with van der Waals surface area (Å²) in [6, 6.07) is 7.57. The van der Waals surface area contributed by atoms with Crippen molar-refractivity contribution in [1.82, 2.24) is 15.5 Å². The van der Waals surface area contributed by atoms with Crippen LogP contribution in [0.15, 0.2) is 29.3 Å². The lowest BCUT2D eigenvalue weighted by atomic mass is 9.85. The van der Waals surface area contributed by atoms with Crippen LogP contribution in [0, 0.1) is 5.41 Å². The lowest BCUT2D eigenvalue weighted by Crippen LogP contribution is -2.44. The summed E-state index contributed by atoms with van der Waals surface area (Å²) in [5.74, 6) is 2.43. The van der Waals surface area contributed by atoms with Crippen LogP contribution >= 0.6 is 0 Å². The second kappa shape index (κ2) is 10.9. The number of rotatable bonds is 9. The van der Waals surface area contributed by atoms with Crippen LogP contribution in [0.3, 0.4) is 0 Å². The summed E-state index contributed by atoms with van der Waals surface area (Å²) in [7, 11) is 5.29. The normalized spacial score (nSPS) is 16.8. The highest BCUT2D eigenvalue weighted by molar-refractivity contribution is 5.84. The molecule has 1 aromatic carbocycles. The SMILES string of the molecule is CCNC(=NCC1(C(=O)N(C)C)CCCC1)NCC(C)Oc1cccc(OC)c1. The maximum atomic E-state index is 12.7. The molecule has 1 aliphatic rings. The standard InChI is InChI=1S/C22H36N4O3/c1-6-23-21(25-16-22(12-7-8-13-22)20(27)26(3)4)24-15-17(2)29-19-11-9-10-18(14-19)28-5/h9-11,14,17H,6-8,12-13,15-16H2,1-5H3,(H2,23,24,25). The Balaban J connectivity index is 1.96. The van der Waals surface area contributed by atoms with Crippen LogP contribution in [0.25, 0.3) is 0 Å². The number of nitrogens with one attached hydrogen (secondary N) is 2. The first-order valence-corrected chi connectivity index (χ1v) is 10.4. The van der Waals surface area contributed by atoms with E-state index < -0.39 is 0 Å². The van der Waals surface area contributed by atoms with Crippen molar-refractivity contribution in [3.63, 3.8) is 0 Å². The van der Waals surface area contributed by atoms with Crippen molar-refractivity contribution >= 4 is 11.9 Å². The second-order valence-corrected chi connectivity index (χ2v) is 7.87. The fourth-order valence-electron chi connectivity index (χ4n) is 3.73. The van der Waals surface area contributed by atoms with Crippen LogP contribution in [-0.2, 0) is 4.79 Å². The first-order valence-electron chi connectivity index (χ1n) is 10.4.